The Bertz CT molecular complexity index is 1430. The average Bonchev–Trinajstić information content (AvgIpc) is 3.53. The number of carbonyl (C=O) groups excluding carboxylic acids is 3. The van der Waals surface area contributed by atoms with Crippen LogP contribution in [0.2, 0.25) is 0 Å². The Labute approximate surface area is 219 Å². The molecule has 2 amide bonds. The van der Waals surface area contributed by atoms with Crippen molar-refractivity contribution in [2.75, 3.05) is 18.6 Å². The van der Waals surface area contributed by atoms with Crippen molar-refractivity contribution in [2.45, 2.75) is 31.3 Å². The number of carboxylic acids is 1. The standard InChI is InChI=1S/C23H23N7O5S2/c1-3-13-8-28(9-14-5-4-6-29(13)14)7-12-10-36-21-17(20(32)30(21)18(12)22(33)34)26-19(31)16(27-35-2)15-11-37-23(24)25-15/h4-6,8-9,11,17,21H,3,7,10H2,1-2H3,(H3-,24,25,26,31,33,34)/b27-16-/t17-,21+/m1/s1. The highest BCUT2D eigenvalue weighted by molar-refractivity contribution is 8.00. The Morgan fingerprint density at radius 2 is 2.22 bits per heavy atom. The fourth-order valence-corrected chi connectivity index (χ4v) is 6.37. The third-order valence-corrected chi connectivity index (χ3v) is 8.14. The normalized spacial score (nSPS) is 19.6. The number of aliphatic carboxylic acids is 1. The number of fused-ring (bicyclic) bond motifs is 2. The molecule has 2 atom stereocenters. The maximum atomic E-state index is 13.1. The lowest BCUT2D eigenvalue weighted by Crippen LogP contribution is -2.71. The summed E-state index contributed by atoms with van der Waals surface area (Å²) in [6.45, 7) is 2.33. The SMILES string of the molecule is CCc1cn(CC2=C(C(=O)[O-])N3C(=O)[C@@H](NC(=O)/C(=N\OC)c4csc(N)n4)[C@@H]3SC2)cc2ccc[n+]1-2. The van der Waals surface area contributed by atoms with Gasteiger partial charge in [0.25, 0.3) is 11.8 Å². The number of nitrogen functional groups attached to an aromatic ring is 1. The molecule has 0 spiro atoms. The molecule has 5 heterocycles. The fourth-order valence-electron chi connectivity index (χ4n) is 4.49. The van der Waals surface area contributed by atoms with E-state index in [1.165, 1.54) is 23.8 Å². The molecular weight excluding hydrogens is 518 g/mol. The monoisotopic (exact) mass is 541 g/mol. The number of β-lactam (4-membered cyclic amide) rings is 1. The topological polar surface area (TPSA) is 159 Å². The minimum Gasteiger partial charge on any atom is -0.543 e. The Hall–Kier alpha value is -3.91. The quantitative estimate of drug-likeness (QED) is 0.163. The van der Waals surface area contributed by atoms with Crippen molar-refractivity contribution < 1.29 is 28.9 Å². The molecule has 4 aliphatic rings. The third-order valence-electron chi connectivity index (χ3n) is 6.13. The molecular formula is C23H23N7O5S2. The summed E-state index contributed by atoms with van der Waals surface area (Å²) in [6.07, 6.45) is 6.67. The predicted octanol–water partition coefficient (Wildman–Crippen LogP) is -0.742. The summed E-state index contributed by atoms with van der Waals surface area (Å²) in [7, 11) is 1.28. The number of hydrogen-bond donors (Lipinski definition) is 2. The van der Waals surface area contributed by atoms with Crippen LogP contribution in [0.1, 0.15) is 18.3 Å². The number of thioether (sulfide) groups is 1. The Kier molecular flexibility index (Phi) is 6.60. The number of amides is 2. The second-order valence-electron chi connectivity index (χ2n) is 8.37. The number of nitrogens with zero attached hydrogens (tertiary/aromatic N) is 5. The van der Waals surface area contributed by atoms with Gasteiger partial charge in [-0.15, -0.1) is 23.1 Å². The van der Waals surface area contributed by atoms with Crippen molar-refractivity contribution in [3.8, 4) is 5.69 Å². The van der Waals surface area contributed by atoms with E-state index in [-0.39, 0.29) is 28.8 Å². The first-order valence-corrected chi connectivity index (χ1v) is 13.3. The summed E-state index contributed by atoms with van der Waals surface area (Å²) in [5.41, 5.74) is 8.18. The Balaban J connectivity index is 1.37. The summed E-state index contributed by atoms with van der Waals surface area (Å²) in [5.74, 6) is -2.30. The summed E-state index contributed by atoms with van der Waals surface area (Å²) < 4.78 is 3.99. The number of hydrogen-bond acceptors (Lipinski definition) is 10. The maximum Gasteiger partial charge on any atom is 0.276 e. The van der Waals surface area contributed by atoms with Gasteiger partial charge >= 0.3 is 0 Å². The Morgan fingerprint density at radius 1 is 1.41 bits per heavy atom. The van der Waals surface area contributed by atoms with Gasteiger partial charge in [-0.05, 0) is 5.57 Å². The highest BCUT2D eigenvalue weighted by atomic mass is 32.2. The first-order valence-electron chi connectivity index (χ1n) is 11.3. The average molecular weight is 542 g/mol. The molecule has 192 valence electrons. The first kappa shape index (κ1) is 24.8. The van der Waals surface area contributed by atoms with Crippen molar-refractivity contribution in [1.29, 1.82) is 0 Å². The molecule has 1 fully saturated rings. The molecule has 4 aliphatic heterocycles. The molecule has 0 aromatic carbocycles. The maximum absolute atomic E-state index is 13.1. The van der Waals surface area contributed by atoms with Crippen molar-refractivity contribution in [3.05, 3.63) is 58.8 Å². The van der Waals surface area contributed by atoms with Crippen LogP contribution in [0, 0.1) is 0 Å². The molecule has 0 saturated carbocycles. The van der Waals surface area contributed by atoms with Crippen LogP contribution in [0.15, 0.2) is 52.5 Å². The summed E-state index contributed by atoms with van der Waals surface area (Å²) in [5, 5.41) is 19.7. The zero-order valence-electron chi connectivity index (χ0n) is 19.9. The van der Waals surface area contributed by atoms with Gasteiger partial charge in [0.05, 0.1) is 24.1 Å². The number of anilines is 1. The molecule has 14 heteroatoms. The van der Waals surface area contributed by atoms with Gasteiger partial charge in [-0.1, -0.05) is 12.1 Å². The van der Waals surface area contributed by atoms with E-state index in [1.807, 2.05) is 42.2 Å². The molecule has 12 nitrogen and oxygen atoms in total. The number of thiazole rings is 1. The van der Waals surface area contributed by atoms with Gasteiger partial charge in [-0.3, -0.25) is 14.5 Å². The van der Waals surface area contributed by atoms with Crippen LogP contribution in [-0.4, -0.2) is 62.2 Å². The minimum atomic E-state index is -1.43. The van der Waals surface area contributed by atoms with Gasteiger partial charge in [0.1, 0.15) is 24.2 Å². The molecule has 1 aromatic heterocycles. The van der Waals surface area contributed by atoms with Crippen LogP contribution in [0.5, 0.6) is 0 Å². The molecule has 0 bridgehead atoms. The van der Waals surface area contributed by atoms with E-state index in [0.29, 0.717) is 11.3 Å². The first-order chi connectivity index (χ1) is 17.8. The second-order valence-corrected chi connectivity index (χ2v) is 10.4. The molecule has 37 heavy (non-hydrogen) atoms. The summed E-state index contributed by atoms with van der Waals surface area (Å²) >= 11 is 2.50. The highest BCUT2D eigenvalue weighted by Gasteiger charge is 2.53. The number of rotatable bonds is 8. The number of carboxylic acid groups (broad SMARTS) is 1. The number of oxime groups is 1. The fraction of sp³-hybridized carbons (Fsp3) is 0.304. The van der Waals surface area contributed by atoms with Crippen LogP contribution >= 0.6 is 23.1 Å². The predicted molar refractivity (Wildman–Crippen MR) is 134 cm³/mol. The van der Waals surface area contributed by atoms with Crippen molar-refractivity contribution in [1.82, 2.24) is 19.8 Å². The molecule has 0 unspecified atom stereocenters. The smallest absolute Gasteiger partial charge is 0.276 e. The van der Waals surface area contributed by atoms with E-state index in [9.17, 15) is 19.5 Å². The van der Waals surface area contributed by atoms with Crippen molar-refractivity contribution >= 4 is 51.7 Å². The van der Waals surface area contributed by atoms with Gasteiger partial charge < -0.3 is 30.4 Å². The second kappa shape index (κ2) is 9.86. The number of aryl methyl sites for hydroxylation is 1. The zero-order valence-corrected chi connectivity index (χ0v) is 21.5. The van der Waals surface area contributed by atoms with Gasteiger partial charge in [-0.25, -0.2) is 4.98 Å². The number of aromatic nitrogens is 3. The van der Waals surface area contributed by atoms with Gasteiger partial charge in [0, 0.05) is 36.2 Å². The lowest BCUT2D eigenvalue weighted by Gasteiger charge is -2.50. The van der Waals surface area contributed by atoms with E-state index < -0.39 is 29.2 Å². The van der Waals surface area contributed by atoms with E-state index in [4.69, 9.17) is 10.6 Å². The van der Waals surface area contributed by atoms with E-state index in [1.54, 1.807) is 5.38 Å². The van der Waals surface area contributed by atoms with E-state index in [2.05, 4.69) is 20.0 Å². The van der Waals surface area contributed by atoms with Crippen LogP contribution < -0.4 is 20.7 Å². The number of nitrogens with two attached hydrogens (primary N) is 1. The lowest BCUT2D eigenvalue weighted by molar-refractivity contribution is -0.602. The number of carbonyl (C=O) groups is 3. The van der Waals surface area contributed by atoms with Crippen LogP contribution in [0.3, 0.4) is 0 Å². The zero-order chi connectivity index (χ0) is 26.3. The molecule has 5 rings (SSSR count). The van der Waals surface area contributed by atoms with Crippen LogP contribution in [0.4, 0.5) is 5.13 Å². The molecule has 0 radical (unpaired) electrons. The molecule has 1 aromatic rings. The highest BCUT2D eigenvalue weighted by Crippen LogP contribution is 2.40. The van der Waals surface area contributed by atoms with Crippen molar-refractivity contribution in [2.24, 2.45) is 5.16 Å². The molecule has 1 saturated heterocycles. The lowest BCUT2D eigenvalue weighted by atomic mass is 10.0. The molecule has 0 aliphatic carbocycles. The van der Waals surface area contributed by atoms with Gasteiger partial charge in [-0.2, -0.15) is 4.57 Å². The molecule has 3 N–H and O–H groups in total. The largest absolute Gasteiger partial charge is 0.543 e. The van der Waals surface area contributed by atoms with E-state index >= 15 is 0 Å². The third kappa shape index (κ3) is 4.42. The summed E-state index contributed by atoms with van der Waals surface area (Å²) in [6, 6.07) is 2.98. The summed E-state index contributed by atoms with van der Waals surface area (Å²) in [4.78, 5) is 48.1. The van der Waals surface area contributed by atoms with E-state index in [0.717, 1.165) is 29.1 Å². The minimum absolute atomic E-state index is 0.136. The van der Waals surface area contributed by atoms with Crippen molar-refractivity contribution in [3.63, 3.8) is 0 Å². The Morgan fingerprint density at radius 3 is 2.89 bits per heavy atom. The van der Waals surface area contributed by atoms with Crippen LogP contribution in [0.25, 0.3) is 5.69 Å². The number of nitrogens with one attached hydrogen (secondary N) is 1. The van der Waals surface area contributed by atoms with Gasteiger partial charge in [0.15, 0.2) is 17.0 Å². The van der Waals surface area contributed by atoms with Gasteiger partial charge in [0.2, 0.25) is 11.4 Å². The van der Waals surface area contributed by atoms with Crippen LogP contribution in [-0.2, 0) is 32.2 Å².